The normalized spacial score (nSPS) is 10.6. The van der Waals surface area contributed by atoms with Crippen LogP contribution in [0, 0.1) is 5.92 Å². The van der Waals surface area contributed by atoms with Crippen LogP contribution in [0.3, 0.4) is 0 Å². The van der Waals surface area contributed by atoms with Gasteiger partial charge < -0.3 is 30.6 Å². The summed E-state index contributed by atoms with van der Waals surface area (Å²) in [5.41, 5.74) is 0. The molecule has 0 bridgehead atoms. The van der Waals surface area contributed by atoms with E-state index in [2.05, 4.69) is 0 Å². The lowest BCUT2D eigenvalue weighted by Gasteiger charge is -2.15. The molecule has 0 radical (unpaired) electrons. The first-order chi connectivity index (χ1) is 9.18. The second kappa shape index (κ2) is 12.8. The van der Waals surface area contributed by atoms with Gasteiger partial charge in [-0.05, 0) is 25.2 Å². The molecule has 0 saturated heterocycles. The van der Waals surface area contributed by atoms with Crippen LogP contribution in [0.25, 0.3) is 0 Å². The smallest absolute Gasteiger partial charge is 0.303 e. The third kappa shape index (κ3) is 19.1. The Hall–Kier alpha value is -1.22. The quantitative estimate of drug-likeness (QED) is 0.318. The first-order valence-corrected chi connectivity index (χ1v) is 6.34. The lowest BCUT2D eigenvalue weighted by molar-refractivity contribution is -0.137. The molecule has 0 heterocycles. The monoisotopic (exact) mass is 296 g/mol. The Morgan fingerprint density at radius 2 is 1.20 bits per heavy atom. The molecule has 0 atom stereocenters. The first kappa shape index (κ1) is 21.1. The van der Waals surface area contributed by atoms with E-state index in [0.717, 1.165) is 0 Å². The third-order valence-electron chi connectivity index (χ3n) is 2.44. The topological polar surface area (TPSA) is 156 Å². The van der Waals surface area contributed by atoms with Gasteiger partial charge in [-0.3, -0.25) is 9.59 Å². The van der Waals surface area contributed by atoms with Crippen LogP contribution in [0.4, 0.5) is 0 Å². The molecule has 0 unspecified atom stereocenters. The molecule has 0 amide bonds. The Kier molecular flexibility index (Phi) is 13.5. The first-order valence-electron chi connectivity index (χ1n) is 6.34. The zero-order valence-corrected chi connectivity index (χ0v) is 11.5. The van der Waals surface area contributed by atoms with Gasteiger partial charge in [-0.2, -0.15) is 0 Å². The number of carbonyl (C=O) groups is 2. The fourth-order valence-electron chi connectivity index (χ4n) is 1.33. The van der Waals surface area contributed by atoms with Crippen LogP contribution in [0.1, 0.15) is 45.4 Å². The van der Waals surface area contributed by atoms with Gasteiger partial charge in [-0.1, -0.05) is 6.92 Å². The standard InChI is InChI=1S/C9H16O6.C3H8O2/c10-7(11)3-1-6(5-9(14)15)2-4-8(12)13;1-2-3(4)5/h6,9,14-15H,1-5H2,(H,10,11)(H,12,13);3-5H,2H2,1H3. The van der Waals surface area contributed by atoms with Gasteiger partial charge in [0.15, 0.2) is 12.6 Å². The molecule has 6 N–H and O–H groups in total. The van der Waals surface area contributed by atoms with Crippen LogP contribution < -0.4 is 0 Å². The molecule has 0 fully saturated rings. The van der Waals surface area contributed by atoms with Gasteiger partial charge in [-0.25, -0.2) is 0 Å². The molecule has 120 valence electrons. The highest BCUT2D eigenvalue weighted by atomic mass is 16.5. The molecule has 0 aliphatic rings. The number of carboxylic acid groups (broad SMARTS) is 2. The van der Waals surface area contributed by atoms with Crippen molar-refractivity contribution < 1.29 is 40.2 Å². The number of carboxylic acids is 2. The highest BCUT2D eigenvalue weighted by molar-refractivity contribution is 5.67. The van der Waals surface area contributed by atoms with Gasteiger partial charge in [0, 0.05) is 19.3 Å². The van der Waals surface area contributed by atoms with Gasteiger partial charge in [0.25, 0.3) is 0 Å². The Morgan fingerprint density at radius 1 is 0.850 bits per heavy atom. The number of aliphatic carboxylic acids is 2. The van der Waals surface area contributed by atoms with Crippen LogP contribution >= 0.6 is 0 Å². The maximum atomic E-state index is 10.3. The maximum absolute atomic E-state index is 10.3. The Bertz CT molecular complexity index is 246. The van der Waals surface area contributed by atoms with Gasteiger partial charge in [0.1, 0.15) is 0 Å². The molecule has 0 aromatic heterocycles. The van der Waals surface area contributed by atoms with Crippen molar-refractivity contribution in [2.45, 2.75) is 58.0 Å². The maximum Gasteiger partial charge on any atom is 0.303 e. The summed E-state index contributed by atoms with van der Waals surface area (Å²) < 4.78 is 0. The number of aliphatic hydroxyl groups excluding tert-OH is 2. The van der Waals surface area contributed by atoms with Crippen LogP contribution in [0.5, 0.6) is 0 Å². The highest BCUT2D eigenvalue weighted by Crippen LogP contribution is 2.19. The van der Waals surface area contributed by atoms with E-state index in [0.29, 0.717) is 6.42 Å². The Morgan fingerprint density at radius 3 is 1.40 bits per heavy atom. The van der Waals surface area contributed by atoms with Crippen LogP contribution in [0.15, 0.2) is 0 Å². The van der Waals surface area contributed by atoms with Crippen molar-refractivity contribution >= 4 is 11.9 Å². The van der Waals surface area contributed by atoms with E-state index < -0.39 is 24.5 Å². The van der Waals surface area contributed by atoms with E-state index >= 15 is 0 Å². The molecular weight excluding hydrogens is 272 g/mol. The molecule has 0 saturated carbocycles. The average Bonchev–Trinajstić information content (AvgIpc) is 2.32. The Balaban J connectivity index is 0. The summed E-state index contributed by atoms with van der Waals surface area (Å²) in [6.45, 7) is 1.70. The molecule has 8 nitrogen and oxygen atoms in total. The molecule has 0 aliphatic carbocycles. The SMILES string of the molecule is CCC(O)O.O=C(O)CCC(CCC(=O)O)CC(O)O. The third-order valence-corrected chi connectivity index (χ3v) is 2.44. The lowest BCUT2D eigenvalue weighted by Crippen LogP contribution is -2.15. The van der Waals surface area contributed by atoms with Crippen molar-refractivity contribution in [1.29, 1.82) is 0 Å². The number of aliphatic hydroxyl groups is 4. The minimum absolute atomic E-state index is 0.0144. The molecular formula is C12H24O8. The molecule has 0 aliphatic heterocycles. The summed E-state index contributed by atoms with van der Waals surface area (Å²) >= 11 is 0. The predicted molar refractivity (Wildman–Crippen MR) is 68.6 cm³/mol. The molecule has 0 aromatic rings. The summed E-state index contributed by atoms with van der Waals surface area (Å²) in [7, 11) is 0. The number of hydrogen-bond donors (Lipinski definition) is 6. The minimum Gasteiger partial charge on any atom is -0.481 e. The summed E-state index contributed by atoms with van der Waals surface area (Å²) in [5, 5.41) is 50.1. The van der Waals surface area contributed by atoms with Crippen molar-refractivity contribution in [3.05, 3.63) is 0 Å². The van der Waals surface area contributed by atoms with E-state index in [1.54, 1.807) is 6.92 Å². The van der Waals surface area contributed by atoms with Crippen LogP contribution in [-0.2, 0) is 9.59 Å². The lowest BCUT2D eigenvalue weighted by atomic mass is 9.94. The van der Waals surface area contributed by atoms with E-state index in [9.17, 15) is 9.59 Å². The zero-order valence-electron chi connectivity index (χ0n) is 11.5. The summed E-state index contributed by atoms with van der Waals surface area (Å²) in [5.74, 6) is -2.22. The fraction of sp³-hybridized carbons (Fsp3) is 0.833. The number of hydrogen-bond acceptors (Lipinski definition) is 6. The van der Waals surface area contributed by atoms with Gasteiger partial charge in [0.05, 0.1) is 0 Å². The summed E-state index contributed by atoms with van der Waals surface area (Å²) in [4.78, 5) is 20.6. The molecule has 0 spiro atoms. The van der Waals surface area contributed by atoms with Crippen molar-refractivity contribution in [3.8, 4) is 0 Å². The molecule has 0 aromatic carbocycles. The largest absolute Gasteiger partial charge is 0.481 e. The average molecular weight is 296 g/mol. The van der Waals surface area contributed by atoms with E-state index in [4.69, 9.17) is 30.6 Å². The fourth-order valence-corrected chi connectivity index (χ4v) is 1.33. The Labute approximate surface area is 117 Å². The van der Waals surface area contributed by atoms with E-state index in [1.807, 2.05) is 0 Å². The molecule has 8 heteroatoms. The van der Waals surface area contributed by atoms with Crippen LogP contribution in [0.2, 0.25) is 0 Å². The predicted octanol–water partition coefficient (Wildman–Crippen LogP) is -0.260. The summed E-state index contributed by atoms with van der Waals surface area (Å²) in [6.07, 6.45) is -1.85. The zero-order chi connectivity index (χ0) is 16.1. The van der Waals surface area contributed by atoms with Crippen molar-refractivity contribution in [3.63, 3.8) is 0 Å². The highest BCUT2D eigenvalue weighted by Gasteiger charge is 2.15. The van der Waals surface area contributed by atoms with Gasteiger partial charge >= 0.3 is 11.9 Å². The van der Waals surface area contributed by atoms with Gasteiger partial charge in [0.2, 0.25) is 0 Å². The van der Waals surface area contributed by atoms with Crippen LogP contribution in [-0.4, -0.2) is 55.2 Å². The second-order valence-electron chi connectivity index (χ2n) is 4.34. The van der Waals surface area contributed by atoms with Crippen molar-refractivity contribution in [2.75, 3.05) is 0 Å². The molecule has 0 rings (SSSR count). The van der Waals surface area contributed by atoms with E-state index in [-0.39, 0.29) is 38.0 Å². The molecule has 20 heavy (non-hydrogen) atoms. The summed E-state index contributed by atoms with van der Waals surface area (Å²) in [6, 6.07) is 0. The minimum atomic E-state index is -1.52. The van der Waals surface area contributed by atoms with Crippen molar-refractivity contribution in [1.82, 2.24) is 0 Å². The van der Waals surface area contributed by atoms with E-state index in [1.165, 1.54) is 0 Å². The van der Waals surface area contributed by atoms with Crippen molar-refractivity contribution in [2.24, 2.45) is 5.92 Å². The number of rotatable bonds is 9. The second-order valence-corrected chi connectivity index (χ2v) is 4.34. The van der Waals surface area contributed by atoms with Gasteiger partial charge in [-0.15, -0.1) is 0 Å².